The van der Waals surface area contributed by atoms with Crippen molar-refractivity contribution in [3.8, 4) is 0 Å². The van der Waals surface area contributed by atoms with Crippen LogP contribution in [0.5, 0.6) is 0 Å². The second-order valence-electron chi connectivity index (χ2n) is 9.22. The maximum atomic E-state index is 12.8. The van der Waals surface area contributed by atoms with Crippen LogP contribution in [-0.4, -0.2) is 87.8 Å². The molecule has 0 unspecified atom stereocenters. The van der Waals surface area contributed by atoms with Crippen LogP contribution in [0.25, 0.3) is 0 Å². The van der Waals surface area contributed by atoms with Crippen LogP contribution in [0.3, 0.4) is 0 Å². The van der Waals surface area contributed by atoms with E-state index in [1.54, 1.807) is 0 Å². The number of piperazine rings is 1. The Morgan fingerprint density at radius 1 is 0.750 bits per heavy atom. The zero-order chi connectivity index (χ0) is 25.6. The third-order valence-corrected chi connectivity index (χ3v) is 10.5. The summed E-state index contributed by atoms with van der Waals surface area (Å²) in [5.41, 5.74) is 1.49. The van der Waals surface area contributed by atoms with Crippen molar-refractivity contribution < 1.29 is 21.6 Å². The topological polar surface area (TPSA) is 107 Å². The van der Waals surface area contributed by atoms with Crippen LogP contribution in [0.1, 0.15) is 35.2 Å². The van der Waals surface area contributed by atoms with E-state index in [1.165, 1.54) is 38.4 Å². The van der Waals surface area contributed by atoms with Crippen molar-refractivity contribution in [2.75, 3.05) is 51.6 Å². The first kappa shape index (κ1) is 26.7. The predicted molar refractivity (Wildman–Crippen MR) is 138 cm³/mol. The van der Waals surface area contributed by atoms with Crippen LogP contribution in [0.15, 0.2) is 59.5 Å². The molecule has 0 radical (unpaired) electrons. The number of hydrogen-bond acceptors (Lipinski definition) is 6. The third kappa shape index (κ3) is 6.71. The molecule has 1 N–H and O–H groups in total. The Morgan fingerprint density at radius 3 is 2.03 bits per heavy atom. The highest BCUT2D eigenvalue weighted by Crippen LogP contribution is 2.21. The molecule has 0 saturated carbocycles. The van der Waals surface area contributed by atoms with Gasteiger partial charge in [0.05, 0.1) is 10.6 Å². The summed E-state index contributed by atoms with van der Waals surface area (Å²) in [6.07, 6.45) is 2.74. The van der Waals surface area contributed by atoms with Gasteiger partial charge < -0.3 is 5.32 Å². The summed E-state index contributed by atoms with van der Waals surface area (Å²) in [5, 5.41) is 2.64. The standard InChI is InChI=1S/C25H34N4O5S2/c30-25(23-9-11-24(12-10-23)36(33,34)29-14-5-2-6-15-29)26-13-20-35(31,32)28-18-16-27(17-19-28)21-22-7-3-1-4-8-22/h1,3-4,7-12H,2,5-6,13-21H2,(H,26,30). The van der Waals surface area contributed by atoms with Gasteiger partial charge in [-0.1, -0.05) is 36.8 Å². The zero-order valence-corrected chi connectivity index (χ0v) is 22.0. The van der Waals surface area contributed by atoms with E-state index in [4.69, 9.17) is 0 Å². The van der Waals surface area contributed by atoms with Gasteiger partial charge in [0, 0.05) is 57.9 Å². The molecule has 4 rings (SSSR count). The van der Waals surface area contributed by atoms with Crippen molar-refractivity contribution in [1.29, 1.82) is 0 Å². The number of carbonyl (C=O) groups is 1. The van der Waals surface area contributed by atoms with Crippen molar-refractivity contribution in [2.24, 2.45) is 0 Å². The summed E-state index contributed by atoms with van der Waals surface area (Å²) >= 11 is 0. The van der Waals surface area contributed by atoms with E-state index in [2.05, 4.69) is 22.3 Å². The lowest BCUT2D eigenvalue weighted by Gasteiger charge is -2.34. The molecule has 0 aromatic heterocycles. The molecular weight excluding hydrogens is 500 g/mol. The fraction of sp³-hybridized carbons (Fsp3) is 0.480. The Morgan fingerprint density at radius 2 is 1.39 bits per heavy atom. The highest BCUT2D eigenvalue weighted by molar-refractivity contribution is 7.89. The molecule has 0 bridgehead atoms. The first-order chi connectivity index (χ1) is 17.3. The van der Waals surface area contributed by atoms with Crippen LogP contribution >= 0.6 is 0 Å². The van der Waals surface area contributed by atoms with Crippen LogP contribution < -0.4 is 5.32 Å². The Bertz CT molecular complexity index is 1220. The molecular formula is C25H34N4O5S2. The summed E-state index contributed by atoms with van der Waals surface area (Å²) in [6.45, 7) is 3.98. The van der Waals surface area contributed by atoms with E-state index >= 15 is 0 Å². The van der Waals surface area contributed by atoms with Crippen LogP contribution in [0.2, 0.25) is 0 Å². The molecule has 0 atom stereocenters. The van der Waals surface area contributed by atoms with Gasteiger partial charge in [-0.15, -0.1) is 0 Å². The van der Waals surface area contributed by atoms with E-state index in [0.29, 0.717) is 44.8 Å². The summed E-state index contributed by atoms with van der Waals surface area (Å²) < 4.78 is 54.0. The molecule has 1 amide bonds. The molecule has 2 saturated heterocycles. The number of hydrogen-bond donors (Lipinski definition) is 1. The molecule has 196 valence electrons. The van der Waals surface area contributed by atoms with E-state index < -0.39 is 26.0 Å². The van der Waals surface area contributed by atoms with Gasteiger partial charge in [-0.3, -0.25) is 9.69 Å². The van der Waals surface area contributed by atoms with E-state index in [1.807, 2.05) is 18.2 Å². The van der Waals surface area contributed by atoms with E-state index in [9.17, 15) is 21.6 Å². The van der Waals surface area contributed by atoms with Gasteiger partial charge in [0.15, 0.2) is 0 Å². The van der Waals surface area contributed by atoms with Crippen LogP contribution in [-0.2, 0) is 26.6 Å². The quantitative estimate of drug-likeness (QED) is 0.525. The maximum absolute atomic E-state index is 12.8. The van der Waals surface area contributed by atoms with Gasteiger partial charge in [0.1, 0.15) is 0 Å². The van der Waals surface area contributed by atoms with Crippen molar-refractivity contribution in [3.63, 3.8) is 0 Å². The van der Waals surface area contributed by atoms with Gasteiger partial charge in [0.25, 0.3) is 5.91 Å². The Hall–Kier alpha value is -2.31. The van der Waals surface area contributed by atoms with Crippen molar-refractivity contribution in [3.05, 3.63) is 65.7 Å². The van der Waals surface area contributed by atoms with Gasteiger partial charge in [-0.2, -0.15) is 8.61 Å². The molecule has 2 fully saturated rings. The van der Waals surface area contributed by atoms with Gasteiger partial charge in [-0.25, -0.2) is 16.8 Å². The van der Waals surface area contributed by atoms with Crippen LogP contribution in [0.4, 0.5) is 0 Å². The minimum Gasteiger partial charge on any atom is -0.351 e. The lowest BCUT2D eigenvalue weighted by molar-refractivity contribution is 0.0956. The molecule has 0 spiro atoms. The second-order valence-corrected chi connectivity index (χ2v) is 13.2. The van der Waals surface area contributed by atoms with Gasteiger partial charge in [0.2, 0.25) is 20.0 Å². The molecule has 2 aromatic carbocycles. The van der Waals surface area contributed by atoms with Crippen molar-refractivity contribution in [1.82, 2.24) is 18.8 Å². The number of piperidine rings is 1. The highest BCUT2D eigenvalue weighted by atomic mass is 32.2. The summed E-state index contributed by atoms with van der Waals surface area (Å²) in [5.74, 6) is -0.612. The molecule has 2 aliphatic heterocycles. The SMILES string of the molecule is O=C(NCCS(=O)(=O)N1CCN(Cc2ccccc2)CC1)c1ccc(S(=O)(=O)N2CCCCC2)cc1. The number of benzene rings is 2. The van der Waals surface area contributed by atoms with E-state index in [0.717, 1.165) is 25.8 Å². The smallest absolute Gasteiger partial charge is 0.251 e. The maximum Gasteiger partial charge on any atom is 0.251 e. The number of nitrogens with zero attached hydrogens (tertiary/aromatic N) is 3. The van der Waals surface area contributed by atoms with Gasteiger partial charge in [-0.05, 0) is 42.7 Å². The lowest BCUT2D eigenvalue weighted by Crippen LogP contribution is -2.49. The fourth-order valence-corrected chi connectivity index (χ4v) is 7.42. The summed E-state index contributed by atoms with van der Waals surface area (Å²) in [7, 11) is -7.05. The minimum atomic E-state index is -3.56. The summed E-state index contributed by atoms with van der Waals surface area (Å²) in [4.78, 5) is 14.9. The Balaban J connectivity index is 1.23. The molecule has 9 nitrogen and oxygen atoms in total. The molecule has 0 aliphatic carbocycles. The number of rotatable bonds is 9. The number of sulfonamides is 2. The average Bonchev–Trinajstić information content (AvgIpc) is 2.90. The van der Waals surface area contributed by atoms with E-state index in [-0.39, 0.29) is 17.2 Å². The van der Waals surface area contributed by atoms with Crippen LogP contribution in [0, 0.1) is 0 Å². The first-order valence-electron chi connectivity index (χ1n) is 12.4. The molecule has 2 heterocycles. The second kappa shape index (κ2) is 11.8. The Labute approximate surface area is 214 Å². The third-order valence-electron chi connectivity index (χ3n) is 6.69. The zero-order valence-electron chi connectivity index (χ0n) is 20.4. The first-order valence-corrected chi connectivity index (χ1v) is 15.4. The molecule has 2 aromatic rings. The fourth-order valence-electron chi connectivity index (χ4n) is 4.56. The van der Waals surface area contributed by atoms with Crippen molar-refractivity contribution in [2.45, 2.75) is 30.7 Å². The minimum absolute atomic E-state index is 0.0147. The predicted octanol–water partition coefficient (Wildman–Crippen LogP) is 1.74. The largest absolute Gasteiger partial charge is 0.351 e. The van der Waals surface area contributed by atoms with Crippen molar-refractivity contribution >= 4 is 26.0 Å². The lowest BCUT2D eigenvalue weighted by atomic mass is 10.2. The summed E-state index contributed by atoms with van der Waals surface area (Å²) in [6, 6.07) is 15.9. The van der Waals surface area contributed by atoms with Gasteiger partial charge >= 0.3 is 0 Å². The average molecular weight is 535 g/mol. The molecule has 11 heteroatoms. The highest BCUT2D eigenvalue weighted by Gasteiger charge is 2.28. The monoisotopic (exact) mass is 534 g/mol. The Kier molecular flexibility index (Phi) is 8.78. The number of amides is 1. The molecule has 36 heavy (non-hydrogen) atoms. The molecule has 2 aliphatic rings. The number of carbonyl (C=O) groups excluding carboxylic acids is 1. The normalized spacial score (nSPS) is 18.7. The number of nitrogens with one attached hydrogen (secondary N) is 1.